The number of carbonyl (C=O) groups is 1. The standard InChI is InChI=1S/C23H27ClF3N3O5S/c1-4-30(5-2)11-12-34-19(31)14-29-21(20(24)22(28)23(25,26)27)18-10-9-17(35-18)15-7-6-8-16(13-15)36(3,32)33/h6-10,13,28-29H,4-5,11-12,14H2,1-3H3/b21-20+,28-22?. The van der Waals surface area contributed by atoms with Crippen LogP contribution in [-0.2, 0) is 19.4 Å². The van der Waals surface area contributed by atoms with E-state index in [-0.39, 0.29) is 23.0 Å². The summed E-state index contributed by atoms with van der Waals surface area (Å²) in [5.41, 5.74) is -1.93. The summed E-state index contributed by atoms with van der Waals surface area (Å²) in [6.07, 6.45) is -4.01. The molecule has 0 saturated carbocycles. The van der Waals surface area contributed by atoms with E-state index in [9.17, 15) is 26.4 Å². The van der Waals surface area contributed by atoms with E-state index in [0.29, 0.717) is 12.1 Å². The Bertz CT molecular complexity index is 1220. The number of esters is 1. The molecule has 1 heterocycles. The summed E-state index contributed by atoms with van der Waals surface area (Å²) in [6.45, 7) is 5.50. The molecule has 0 fully saturated rings. The Labute approximate surface area is 212 Å². The van der Waals surface area contributed by atoms with E-state index in [1.165, 1.54) is 30.3 Å². The van der Waals surface area contributed by atoms with Gasteiger partial charge < -0.3 is 19.4 Å². The highest BCUT2D eigenvalue weighted by Gasteiger charge is 2.38. The van der Waals surface area contributed by atoms with Crippen LogP contribution < -0.4 is 5.32 Å². The maximum atomic E-state index is 13.2. The highest BCUT2D eigenvalue weighted by Crippen LogP contribution is 2.32. The average Bonchev–Trinajstić information content (AvgIpc) is 3.30. The largest absolute Gasteiger partial charge is 0.463 e. The number of hydrogen-bond acceptors (Lipinski definition) is 8. The first kappa shape index (κ1) is 29.4. The fourth-order valence-corrected chi connectivity index (χ4v) is 4.00. The third-order valence-corrected chi connectivity index (χ3v) is 6.58. The molecule has 1 aromatic carbocycles. The summed E-state index contributed by atoms with van der Waals surface area (Å²) in [4.78, 5) is 14.2. The molecule has 2 aromatic rings. The number of allylic oxidation sites excluding steroid dienone is 1. The van der Waals surface area contributed by atoms with Gasteiger partial charge in [-0.2, -0.15) is 13.2 Å². The Morgan fingerprint density at radius 1 is 1.19 bits per heavy atom. The molecule has 8 nitrogen and oxygen atoms in total. The van der Waals surface area contributed by atoms with Crippen molar-refractivity contribution in [3.8, 4) is 11.3 Å². The highest BCUT2D eigenvalue weighted by molar-refractivity contribution is 7.90. The summed E-state index contributed by atoms with van der Waals surface area (Å²) in [6, 6.07) is 8.49. The molecule has 0 aliphatic heterocycles. The zero-order valence-corrected chi connectivity index (χ0v) is 21.5. The van der Waals surface area contributed by atoms with E-state index in [4.69, 9.17) is 26.2 Å². The molecular formula is C23H27ClF3N3O5S. The van der Waals surface area contributed by atoms with Crippen LogP contribution in [0.15, 0.2) is 50.7 Å². The molecule has 0 spiro atoms. The summed E-state index contributed by atoms with van der Waals surface area (Å²) in [5, 5.41) is 8.87. The van der Waals surface area contributed by atoms with Gasteiger partial charge in [0, 0.05) is 18.4 Å². The van der Waals surface area contributed by atoms with Gasteiger partial charge in [-0.15, -0.1) is 0 Å². The molecule has 0 aliphatic carbocycles. The number of carbonyl (C=O) groups excluding carboxylic acids is 1. The molecule has 2 N–H and O–H groups in total. The van der Waals surface area contributed by atoms with Gasteiger partial charge >= 0.3 is 12.1 Å². The maximum Gasteiger partial charge on any atom is 0.434 e. The third kappa shape index (κ3) is 8.10. The number of benzene rings is 1. The van der Waals surface area contributed by atoms with E-state index in [0.717, 1.165) is 19.3 Å². The molecule has 0 aliphatic rings. The lowest BCUT2D eigenvalue weighted by Crippen LogP contribution is -2.31. The molecule has 0 bridgehead atoms. The summed E-state index contributed by atoms with van der Waals surface area (Å²) in [7, 11) is -3.51. The zero-order chi connectivity index (χ0) is 27.1. The Morgan fingerprint density at radius 3 is 2.44 bits per heavy atom. The first-order chi connectivity index (χ1) is 16.8. The summed E-state index contributed by atoms with van der Waals surface area (Å²) < 4.78 is 73.9. The van der Waals surface area contributed by atoms with Crippen LogP contribution in [0.25, 0.3) is 17.0 Å². The number of alkyl halides is 3. The minimum atomic E-state index is -5.05. The number of hydrogen-bond donors (Lipinski definition) is 2. The van der Waals surface area contributed by atoms with Crippen molar-refractivity contribution < 1.29 is 35.5 Å². The van der Waals surface area contributed by atoms with Gasteiger partial charge in [0.05, 0.1) is 15.6 Å². The molecular weight excluding hydrogens is 523 g/mol. The van der Waals surface area contributed by atoms with E-state index < -0.39 is 45.0 Å². The van der Waals surface area contributed by atoms with Gasteiger partial charge in [-0.3, -0.25) is 10.2 Å². The molecule has 0 amide bonds. The first-order valence-electron chi connectivity index (χ1n) is 10.9. The lowest BCUT2D eigenvalue weighted by molar-refractivity contribution is -0.142. The van der Waals surface area contributed by atoms with Crippen LogP contribution in [0.2, 0.25) is 0 Å². The average molecular weight is 550 g/mol. The van der Waals surface area contributed by atoms with E-state index in [1.54, 1.807) is 6.07 Å². The van der Waals surface area contributed by atoms with Crippen LogP contribution in [-0.4, -0.2) is 70.2 Å². The van der Waals surface area contributed by atoms with Gasteiger partial charge in [0.2, 0.25) is 0 Å². The molecule has 0 radical (unpaired) electrons. The molecule has 0 unspecified atom stereocenters. The number of sulfone groups is 1. The summed E-state index contributed by atoms with van der Waals surface area (Å²) in [5.74, 6) is -0.792. The number of rotatable bonds is 12. The van der Waals surface area contributed by atoms with Gasteiger partial charge in [0.15, 0.2) is 21.3 Å². The van der Waals surface area contributed by atoms with Gasteiger partial charge in [-0.05, 0) is 37.4 Å². The Hall–Kier alpha value is -2.83. The van der Waals surface area contributed by atoms with Crippen LogP contribution in [0.4, 0.5) is 13.2 Å². The first-order valence-corrected chi connectivity index (χ1v) is 13.1. The molecule has 0 atom stereocenters. The van der Waals surface area contributed by atoms with Crippen LogP contribution in [0.3, 0.4) is 0 Å². The van der Waals surface area contributed by atoms with Crippen molar-refractivity contribution >= 4 is 38.8 Å². The van der Waals surface area contributed by atoms with Crippen molar-refractivity contribution in [3.63, 3.8) is 0 Å². The molecule has 0 saturated heterocycles. The van der Waals surface area contributed by atoms with Gasteiger partial charge in [-0.25, -0.2) is 8.42 Å². The van der Waals surface area contributed by atoms with E-state index >= 15 is 0 Å². The quantitative estimate of drug-likeness (QED) is 0.299. The zero-order valence-electron chi connectivity index (χ0n) is 19.9. The number of furan rings is 1. The Balaban J connectivity index is 2.30. The van der Waals surface area contributed by atoms with Crippen LogP contribution in [0.5, 0.6) is 0 Å². The topological polar surface area (TPSA) is 113 Å². The SMILES string of the molecule is CCN(CC)CCOC(=O)CN/C(=C(/Cl)C(=N)C(F)(F)F)c1ccc(-c2cccc(S(C)(=O)=O)c2)o1. The molecule has 36 heavy (non-hydrogen) atoms. The van der Waals surface area contributed by atoms with Gasteiger partial charge in [-0.1, -0.05) is 37.6 Å². The molecule has 13 heteroatoms. The fourth-order valence-electron chi connectivity index (χ4n) is 3.07. The fraction of sp³-hybridized carbons (Fsp3) is 0.391. The van der Waals surface area contributed by atoms with Crippen molar-refractivity contribution in [3.05, 3.63) is 47.2 Å². The van der Waals surface area contributed by atoms with Crippen molar-refractivity contribution in [1.82, 2.24) is 10.2 Å². The monoisotopic (exact) mass is 549 g/mol. The minimum absolute atomic E-state index is 0.0242. The summed E-state index contributed by atoms with van der Waals surface area (Å²) >= 11 is 5.90. The van der Waals surface area contributed by atoms with E-state index in [2.05, 4.69) is 5.32 Å². The Morgan fingerprint density at radius 2 is 1.86 bits per heavy atom. The highest BCUT2D eigenvalue weighted by atomic mass is 35.5. The predicted octanol–water partition coefficient (Wildman–Crippen LogP) is 4.31. The third-order valence-electron chi connectivity index (χ3n) is 5.10. The van der Waals surface area contributed by atoms with Crippen molar-refractivity contribution in [2.24, 2.45) is 0 Å². The molecule has 1 aromatic heterocycles. The number of nitrogens with zero attached hydrogens (tertiary/aromatic N) is 1. The van der Waals surface area contributed by atoms with Crippen molar-refractivity contribution in [2.75, 3.05) is 39.0 Å². The number of nitrogens with one attached hydrogen (secondary N) is 2. The normalized spacial score (nSPS) is 12.9. The predicted molar refractivity (Wildman–Crippen MR) is 131 cm³/mol. The lowest BCUT2D eigenvalue weighted by Gasteiger charge is -2.18. The van der Waals surface area contributed by atoms with Gasteiger partial charge in [0.25, 0.3) is 0 Å². The van der Waals surface area contributed by atoms with E-state index in [1.807, 2.05) is 18.7 Å². The second-order valence-corrected chi connectivity index (χ2v) is 10.0. The molecule has 2 rings (SSSR count). The lowest BCUT2D eigenvalue weighted by atomic mass is 10.2. The molecule has 198 valence electrons. The van der Waals surface area contributed by atoms with Crippen molar-refractivity contribution in [2.45, 2.75) is 24.9 Å². The second kappa shape index (κ2) is 12.4. The van der Waals surface area contributed by atoms with Crippen LogP contribution >= 0.6 is 11.6 Å². The minimum Gasteiger partial charge on any atom is -0.463 e. The van der Waals surface area contributed by atoms with Crippen LogP contribution in [0, 0.1) is 5.41 Å². The number of likely N-dealkylation sites (N-methyl/N-ethyl adjacent to an activating group) is 1. The Kier molecular flexibility index (Phi) is 10.1. The van der Waals surface area contributed by atoms with Crippen molar-refractivity contribution in [1.29, 1.82) is 5.41 Å². The second-order valence-electron chi connectivity index (χ2n) is 7.63. The number of ether oxygens (including phenoxy) is 1. The van der Waals surface area contributed by atoms with Gasteiger partial charge in [0.1, 0.15) is 18.9 Å². The number of halogens is 4. The maximum absolute atomic E-state index is 13.2. The smallest absolute Gasteiger partial charge is 0.434 e. The van der Waals surface area contributed by atoms with Crippen LogP contribution in [0.1, 0.15) is 19.6 Å².